The quantitative estimate of drug-likeness (QED) is 0.836. The topological polar surface area (TPSA) is 73.7 Å². The Kier molecular flexibility index (Phi) is 6.21. The van der Waals surface area contributed by atoms with Crippen molar-refractivity contribution in [3.05, 3.63) is 57.8 Å². The molecule has 7 heteroatoms. The summed E-state index contributed by atoms with van der Waals surface area (Å²) in [5.41, 5.74) is 1.37. The van der Waals surface area contributed by atoms with E-state index in [0.29, 0.717) is 22.3 Å². The van der Waals surface area contributed by atoms with E-state index in [1.165, 1.54) is 17.2 Å². The molecule has 0 fully saturated rings. The van der Waals surface area contributed by atoms with Gasteiger partial charge in [-0.2, -0.15) is 0 Å². The molecule has 0 saturated heterocycles. The lowest BCUT2D eigenvalue weighted by Crippen LogP contribution is -2.34. The van der Waals surface area contributed by atoms with Gasteiger partial charge in [-0.25, -0.2) is 0 Å². The Morgan fingerprint density at radius 2 is 1.96 bits per heavy atom. The molecule has 0 bridgehead atoms. The maximum absolute atomic E-state index is 12.4. The van der Waals surface area contributed by atoms with Gasteiger partial charge in [-0.3, -0.25) is 9.78 Å². The summed E-state index contributed by atoms with van der Waals surface area (Å²) in [6, 6.07) is 8.21. The number of benzene rings is 1. The van der Waals surface area contributed by atoms with Crippen LogP contribution in [-0.4, -0.2) is 39.2 Å². The summed E-state index contributed by atoms with van der Waals surface area (Å²) in [5.74, 6) is -0.132. The first-order valence-electron chi connectivity index (χ1n) is 6.96. The molecule has 23 heavy (non-hydrogen) atoms. The summed E-state index contributed by atoms with van der Waals surface area (Å²) in [5, 5.41) is 19.3. The van der Waals surface area contributed by atoms with Crippen LogP contribution in [-0.2, 0) is 17.8 Å². The number of carbonyl (C=O) groups excluding carboxylic acids is 1. The van der Waals surface area contributed by atoms with Crippen LogP contribution >= 0.6 is 23.2 Å². The third-order valence-electron chi connectivity index (χ3n) is 3.22. The zero-order chi connectivity index (χ0) is 16.8. The lowest BCUT2D eigenvalue weighted by Gasteiger charge is -2.22. The van der Waals surface area contributed by atoms with Crippen LogP contribution in [0.15, 0.2) is 36.5 Å². The fourth-order valence-corrected chi connectivity index (χ4v) is 2.38. The van der Waals surface area contributed by atoms with Crippen LogP contribution < -0.4 is 0 Å². The molecule has 1 heterocycles. The van der Waals surface area contributed by atoms with Crippen molar-refractivity contribution in [2.24, 2.45) is 0 Å². The predicted octanol–water partition coefficient (Wildman–Crippen LogP) is 2.66. The number of halogens is 2. The molecule has 2 aromatic rings. The Labute approximate surface area is 144 Å². The SMILES string of the molecule is O=C(Cc1ccc(O)cn1)N(CCO)Cc1ccc(Cl)c(Cl)c1. The highest BCUT2D eigenvalue weighted by Crippen LogP contribution is 2.23. The van der Waals surface area contributed by atoms with Crippen molar-refractivity contribution in [1.29, 1.82) is 0 Å². The first kappa shape index (κ1) is 17.5. The first-order chi connectivity index (χ1) is 11.0. The maximum atomic E-state index is 12.4. The molecule has 122 valence electrons. The smallest absolute Gasteiger partial charge is 0.228 e. The molecule has 0 aliphatic rings. The van der Waals surface area contributed by atoms with Crippen LogP contribution in [0.5, 0.6) is 5.75 Å². The molecule has 0 aliphatic carbocycles. The highest BCUT2D eigenvalue weighted by atomic mass is 35.5. The van der Waals surface area contributed by atoms with Gasteiger partial charge in [0.25, 0.3) is 0 Å². The van der Waals surface area contributed by atoms with Crippen molar-refractivity contribution in [1.82, 2.24) is 9.88 Å². The van der Waals surface area contributed by atoms with E-state index in [4.69, 9.17) is 23.2 Å². The minimum Gasteiger partial charge on any atom is -0.506 e. The largest absolute Gasteiger partial charge is 0.506 e. The van der Waals surface area contributed by atoms with E-state index in [1.807, 2.05) is 0 Å². The Hall–Kier alpha value is -1.82. The van der Waals surface area contributed by atoms with E-state index in [1.54, 1.807) is 24.3 Å². The number of pyridine rings is 1. The summed E-state index contributed by atoms with van der Waals surface area (Å²) in [7, 11) is 0. The Morgan fingerprint density at radius 1 is 1.17 bits per heavy atom. The van der Waals surface area contributed by atoms with Crippen molar-refractivity contribution in [2.75, 3.05) is 13.2 Å². The second-order valence-electron chi connectivity index (χ2n) is 4.97. The summed E-state index contributed by atoms with van der Waals surface area (Å²) in [4.78, 5) is 17.9. The lowest BCUT2D eigenvalue weighted by molar-refractivity contribution is -0.131. The minimum absolute atomic E-state index is 0.0456. The summed E-state index contributed by atoms with van der Waals surface area (Å²) in [6.07, 6.45) is 1.37. The first-order valence-corrected chi connectivity index (χ1v) is 7.71. The third kappa shape index (κ3) is 5.10. The molecule has 0 unspecified atom stereocenters. The standard InChI is InChI=1S/C16H16Cl2N2O3/c17-14-4-1-11(7-15(14)18)10-20(5-6-21)16(23)8-12-2-3-13(22)9-19-12/h1-4,7,9,21-22H,5-6,8,10H2. The van der Waals surface area contributed by atoms with Crippen molar-refractivity contribution in [2.45, 2.75) is 13.0 Å². The van der Waals surface area contributed by atoms with Gasteiger partial charge in [-0.05, 0) is 29.8 Å². The van der Waals surface area contributed by atoms with Crippen molar-refractivity contribution >= 4 is 29.1 Å². The fourth-order valence-electron chi connectivity index (χ4n) is 2.06. The monoisotopic (exact) mass is 354 g/mol. The molecule has 2 rings (SSSR count). The normalized spacial score (nSPS) is 10.6. The zero-order valence-electron chi connectivity index (χ0n) is 12.2. The molecule has 1 amide bonds. The third-order valence-corrected chi connectivity index (χ3v) is 3.96. The Morgan fingerprint density at radius 3 is 2.57 bits per heavy atom. The van der Waals surface area contributed by atoms with E-state index >= 15 is 0 Å². The van der Waals surface area contributed by atoms with E-state index < -0.39 is 0 Å². The summed E-state index contributed by atoms with van der Waals surface area (Å²) < 4.78 is 0. The number of hydrogen-bond acceptors (Lipinski definition) is 4. The van der Waals surface area contributed by atoms with Crippen LogP contribution in [0.4, 0.5) is 0 Å². The van der Waals surface area contributed by atoms with E-state index in [-0.39, 0.29) is 31.2 Å². The highest BCUT2D eigenvalue weighted by molar-refractivity contribution is 6.42. The number of aliphatic hydroxyl groups is 1. The fraction of sp³-hybridized carbons (Fsp3) is 0.250. The van der Waals surface area contributed by atoms with Gasteiger partial charge in [0.2, 0.25) is 5.91 Å². The van der Waals surface area contributed by atoms with Crippen molar-refractivity contribution < 1.29 is 15.0 Å². The number of nitrogens with zero attached hydrogens (tertiary/aromatic N) is 2. The number of amides is 1. The van der Waals surface area contributed by atoms with Crippen LogP contribution in [0, 0.1) is 0 Å². The van der Waals surface area contributed by atoms with Gasteiger partial charge in [0.15, 0.2) is 0 Å². The molecule has 0 atom stereocenters. The molecule has 1 aromatic heterocycles. The van der Waals surface area contributed by atoms with Crippen LogP contribution in [0.1, 0.15) is 11.3 Å². The number of aromatic hydroxyl groups is 1. The van der Waals surface area contributed by atoms with E-state index in [2.05, 4.69) is 4.98 Å². The number of aromatic nitrogens is 1. The molecule has 0 radical (unpaired) electrons. The van der Waals surface area contributed by atoms with Crippen molar-refractivity contribution in [3.63, 3.8) is 0 Å². The van der Waals surface area contributed by atoms with Gasteiger partial charge in [0, 0.05) is 18.8 Å². The molecule has 5 nitrogen and oxygen atoms in total. The van der Waals surface area contributed by atoms with Gasteiger partial charge in [0.05, 0.1) is 29.3 Å². The molecular weight excluding hydrogens is 339 g/mol. The molecule has 0 aliphatic heterocycles. The van der Waals surface area contributed by atoms with E-state index in [0.717, 1.165) is 5.56 Å². The minimum atomic E-state index is -0.177. The molecule has 2 N–H and O–H groups in total. The van der Waals surface area contributed by atoms with Crippen LogP contribution in [0.25, 0.3) is 0 Å². The number of hydrogen-bond donors (Lipinski definition) is 2. The van der Waals surface area contributed by atoms with E-state index in [9.17, 15) is 15.0 Å². The van der Waals surface area contributed by atoms with Crippen LogP contribution in [0.2, 0.25) is 10.0 Å². The Bertz CT molecular complexity index is 678. The molecule has 0 spiro atoms. The second kappa shape index (κ2) is 8.15. The van der Waals surface area contributed by atoms with Gasteiger partial charge in [-0.1, -0.05) is 29.3 Å². The molecule has 0 saturated carbocycles. The lowest BCUT2D eigenvalue weighted by atomic mass is 10.2. The number of aliphatic hydroxyl groups excluding tert-OH is 1. The number of rotatable bonds is 6. The average Bonchev–Trinajstić information content (AvgIpc) is 2.52. The van der Waals surface area contributed by atoms with Gasteiger partial charge < -0.3 is 15.1 Å². The summed E-state index contributed by atoms with van der Waals surface area (Å²) >= 11 is 11.9. The predicted molar refractivity (Wildman–Crippen MR) is 88.6 cm³/mol. The summed E-state index contributed by atoms with van der Waals surface area (Å²) in [6.45, 7) is 0.377. The zero-order valence-corrected chi connectivity index (χ0v) is 13.8. The van der Waals surface area contributed by atoms with Gasteiger partial charge in [0.1, 0.15) is 5.75 Å². The number of carbonyl (C=O) groups is 1. The van der Waals surface area contributed by atoms with Crippen LogP contribution in [0.3, 0.4) is 0 Å². The van der Waals surface area contributed by atoms with Gasteiger partial charge in [-0.15, -0.1) is 0 Å². The molecular formula is C16H16Cl2N2O3. The highest BCUT2D eigenvalue weighted by Gasteiger charge is 2.15. The second-order valence-corrected chi connectivity index (χ2v) is 5.79. The van der Waals surface area contributed by atoms with Gasteiger partial charge >= 0.3 is 0 Å². The average molecular weight is 355 g/mol. The molecule has 1 aromatic carbocycles. The van der Waals surface area contributed by atoms with Crippen molar-refractivity contribution in [3.8, 4) is 5.75 Å². The Balaban J connectivity index is 2.08. The maximum Gasteiger partial charge on any atom is 0.228 e.